The molecule has 0 spiro atoms. The van der Waals surface area contributed by atoms with Crippen LogP contribution in [0.25, 0.3) is 0 Å². The molecule has 1 heterocycles. The lowest BCUT2D eigenvalue weighted by Gasteiger charge is -2.09. The van der Waals surface area contributed by atoms with Crippen LogP contribution in [0.2, 0.25) is 0 Å². The van der Waals surface area contributed by atoms with Crippen LogP contribution in [0.5, 0.6) is 0 Å². The Morgan fingerprint density at radius 1 is 1.00 bits per heavy atom. The van der Waals surface area contributed by atoms with Gasteiger partial charge >= 0.3 is 0 Å². The van der Waals surface area contributed by atoms with E-state index in [1.165, 1.54) is 13.1 Å². The number of Topliss-reactive ketones (excluding diaryl/α,β-unsaturated/α-hetero) is 1. The molecular weight excluding hydrogens is 340 g/mol. The number of pyridine rings is 1. The first-order chi connectivity index (χ1) is 13.1. The minimum atomic E-state index is -0.338. The fourth-order valence-electron chi connectivity index (χ4n) is 2.46. The van der Waals surface area contributed by atoms with E-state index < -0.39 is 0 Å². The molecule has 3 rings (SSSR count). The second-order valence-corrected chi connectivity index (χ2v) is 5.80. The number of hydrogen-bond acceptors (Lipinski definition) is 5. The lowest BCUT2D eigenvalue weighted by molar-refractivity contribution is 0.101. The van der Waals surface area contributed by atoms with Gasteiger partial charge in [0.2, 0.25) is 0 Å². The van der Waals surface area contributed by atoms with Crippen LogP contribution in [-0.4, -0.2) is 16.7 Å². The maximum absolute atomic E-state index is 12.5. The lowest BCUT2D eigenvalue weighted by atomic mass is 10.1. The number of aromatic nitrogens is 1. The number of para-hydroxylation sites is 1. The molecule has 0 fully saturated rings. The Bertz CT molecular complexity index is 1040. The van der Waals surface area contributed by atoms with Gasteiger partial charge in [0.25, 0.3) is 5.91 Å². The predicted octanol–water partition coefficient (Wildman–Crippen LogP) is 4.15. The van der Waals surface area contributed by atoms with Gasteiger partial charge in [-0.15, -0.1) is 0 Å². The fraction of sp³-hybridized carbons (Fsp3) is 0.0476. The number of rotatable bonds is 5. The van der Waals surface area contributed by atoms with Crippen molar-refractivity contribution in [3.8, 4) is 6.07 Å². The maximum Gasteiger partial charge on any atom is 0.255 e. The summed E-state index contributed by atoms with van der Waals surface area (Å²) < 4.78 is 0. The van der Waals surface area contributed by atoms with Gasteiger partial charge in [-0.1, -0.05) is 12.1 Å². The monoisotopic (exact) mass is 356 g/mol. The van der Waals surface area contributed by atoms with Gasteiger partial charge < -0.3 is 10.6 Å². The number of hydrogen-bond donors (Lipinski definition) is 2. The summed E-state index contributed by atoms with van der Waals surface area (Å²) in [5.41, 5.74) is 2.62. The van der Waals surface area contributed by atoms with Crippen LogP contribution in [-0.2, 0) is 0 Å². The van der Waals surface area contributed by atoms with Crippen LogP contribution >= 0.6 is 0 Å². The summed E-state index contributed by atoms with van der Waals surface area (Å²) in [4.78, 5) is 28.0. The van der Waals surface area contributed by atoms with E-state index in [0.717, 1.165) is 5.69 Å². The van der Waals surface area contributed by atoms with E-state index in [2.05, 4.69) is 15.6 Å². The Morgan fingerprint density at radius 2 is 1.74 bits per heavy atom. The van der Waals surface area contributed by atoms with E-state index in [1.807, 2.05) is 6.07 Å². The highest BCUT2D eigenvalue weighted by molar-refractivity contribution is 6.05. The molecule has 2 N–H and O–H groups in total. The van der Waals surface area contributed by atoms with Crippen molar-refractivity contribution >= 4 is 28.9 Å². The molecule has 0 atom stereocenters. The molecular formula is C21H16N4O2. The molecule has 0 aliphatic heterocycles. The molecule has 1 aromatic heterocycles. The normalized spacial score (nSPS) is 9.93. The highest BCUT2D eigenvalue weighted by atomic mass is 16.1. The van der Waals surface area contributed by atoms with Crippen LogP contribution in [0.4, 0.5) is 17.2 Å². The Labute approximate surface area is 156 Å². The Balaban J connectivity index is 1.76. The first-order valence-corrected chi connectivity index (χ1v) is 8.21. The van der Waals surface area contributed by atoms with Crippen LogP contribution in [0.3, 0.4) is 0 Å². The van der Waals surface area contributed by atoms with Crippen molar-refractivity contribution in [1.29, 1.82) is 5.26 Å². The van der Waals surface area contributed by atoms with Crippen molar-refractivity contribution in [2.24, 2.45) is 0 Å². The first kappa shape index (κ1) is 17.8. The molecule has 27 heavy (non-hydrogen) atoms. The smallest absolute Gasteiger partial charge is 0.255 e. The zero-order chi connectivity index (χ0) is 19.2. The van der Waals surface area contributed by atoms with Crippen LogP contribution < -0.4 is 10.6 Å². The number of anilines is 3. The Morgan fingerprint density at radius 3 is 2.44 bits per heavy atom. The number of nitriles is 1. The number of nitrogens with zero attached hydrogens (tertiary/aromatic N) is 2. The van der Waals surface area contributed by atoms with Crippen LogP contribution in [0, 0.1) is 11.3 Å². The van der Waals surface area contributed by atoms with Crippen molar-refractivity contribution in [1.82, 2.24) is 4.98 Å². The largest absolute Gasteiger partial charge is 0.340 e. The lowest BCUT2D eigenvalue weighted by Crippen LogP contribution is -2.13. The van der Waals surface area contributed by atoms with Crippen molar-refractivity contribution in [3.63, 3.8) is 0 Å². The third-order valence-electron chi connectivity index (χ3n) is 3.88. The zero-order valence-electron chi connectivity index (χ0n) is 14.6. The van der Waals surface area contributed by atoms with Gasteiger partial charge in [0.1, 0.15) is 11.9 Å². The maximum atomic E-state index is 12.5. The standard InChI is InChI=1S/C21H16N4O2/c1-14(26)15-6-8-18(9-7-15)24-20-12-16(10-11-23-20)21(27)25-19-5-3-2-4-17(19)13-22/h2-12H,1H3,(H,23,24)(H,25,27). The van der Waals surface area contributed by atoms with Gasteiger partial charge in [0.15, 0.2) is 5.78 Å². The number of carbonyl (C=O) groups is 2. The van der Waals surface area contributed by atoms with Gasteiger partial charge in [-0.25, -0.2) is 4.98 Å². The summed E-state index contributed by atoms with van der Waals surface area (Å²) in [7, 11) is 0. The molecule has 1 amide bonds. The van der Waals surface area contributed by atoms with Crippen molar-refractivity contribution in [2.75, 3.05) is 10.6 Å². The molecule has 0 unspecified atom stereocenters. The summed E-state index contributed by atoms with van der Waals surface area (Å²) in [6.45, 7) is 1.51. The SMILES string of the molecule is CC(=O)c1ccc(Nc2cc(C(=O)Nc3ccccc3C#N)ccn2)cc1. The molecule has 0 bridgehead atoms. The highest BCUT2D eigenvalue weighted by Crippen LogP contribution is 2.18. The summed E-state index contributed by atoms with van der Waals surface area (Å²) in [6.07, 6.45) is 1.53. The average Bonchev–Trinajstić information content (AvgIpc) is 2.69. The third kappa shape index (κ3) is 4.35. The van der Waals surface area contributed by atoms with Crippen LogP contribution in [0.1, 0.15) is 33.2 Å². The van der Waals surface area contributed by atoms with Crippen molar-refractivity contribution in [2.45, 2.75) is 6.92 Å². The topological polar surface area (TPSA) is 94.9 Å². The fourth-order valence-corrected chi connectivity index (χ4v) is 2.46. The second kappa shape index (κ2) is 7.93. The molecule has 6 nitrogen and oxygen atoms in total. The van der Waals surface area contributed by atoms with E-state index in [0.29, 0.717) is 28.2 Å². The van der Waals surface area contributed by atoms with Crippen molar-refractivity contribution < 1.29 is 9.59 Å². The van der Waals surface area contributed by atoms with Gasteiger partial charge in [-0.3, -0.25) is 9.59 Å². The molecule has 0 saturated heterocycles. The molecule has 6 heteroatoms. The highest BCUT2D eigenvalue weighted by Gasteiger charge is 2.10. The Kier molecular flexibility index (Phi) is 5.24. The molecule has 132 valence electrons. The van der Waals surface area contributed by atoms with E-state index in [4.69, 9.17) is 5.26 Å². The van der Waals surface area contributed by atoms with Crippen LogP contribution in [0.15, 0.2) is 66.9 Å². The first-order valence-electron chi connectivity index (χ1n) is 8.21. The number of benzene rings is 2. The molecule has 0 saturated carbocycles. The van der Waals surface area contributed by atoms with E-state index in [-0.39, 0.29) is 11.7 Å². The van der Waals surface area contributed by atoms with Crippen molar-refractivity contribution in [3.05, 3.63) is 83.6 Å². The van der Waals surface area contributed by atoms with E-state index in [9.17, 15) is 9.59 Å². The number of nitrogens with one attached hydrogen (secondary N) is 2. The summed E-state index contributed by atoms with van der Waals surface area (Å²) in [5.74, 6) is 0.151. The number of amides is 1. The quantitative estimate of drug-likeness (QED) is 0.670. The minimum absolute atomic E-state index is 0.00371. The summed E-state index contributed by atoms with van der Waals surface area (Å²) in [5, 5.41) is 15.0. The molecule has 3 aromatic rings. The molecule has 0 aliphatic carbocycles. The van der Waals surface area contributed by atoms with Gasteiger partial charge in [0, 0.05) is 23.0 Å². The van der Waals surface area contributed by atoms with E-state index in [1.54, 1.807) is 60.7 Å². The van der Waals surface area contributed by atoms with Gasteiger partial charge in [-0.05, 0) is 55.5 Å². The van der Waals surface area contributed by atoms with Gasteiger partial charge in [-0.2, -0.15) is 5.26 Å². The molecule has 0 radical (unpaired) electrons. The average molecular weight is 356 g/mol. The third-order valence-corrected chi connectivity index (χ3v) is 3.88. The molecule has 0 aliphatic rings. The zero-order valence-corrected chi connectivity index (χ0v) is 14.6. The number of carbonyl (C=O) groups excluding carboxylic acids is 2. The second-order valence-electron chi connectivity index (χ2n) is 5.80. The molecule has 2 aromatic carbocycles. The van der Waals surface area contributed by atoms with Gasteiger partial charge in [0.05, 0.1) is 11.3 Å². The number of ketones is 1. The van der Waals surface area contributed by atoms with E-state index >= 15 is 0 Å². The summed E-state index contributed by atoms with van der Waals surface area (Å²) >= 11 is 0. The summed E-state index contributed by atoms with van der Waals surface area (Å²) in [6, 6.07) is 19.0. The Hall–Kier alpha value is -3.98. The minimum Gasteiger partial charge on any atom is -0.340 e. The predicted molar refractivity (Wildman–Crippen MR) is 103 cm³/mol.